The molecule has 4 heteroatoms. The fourth-order valence-electron chi connectivity index (χ4n) is 1.83. The number of Topliss-reactive ketones (excluding diaryl/α,β-unsaturated/α-hetero) is 1. The van der Waals surface area contributed by atoms with Gasteiger partial charge in [-0.15, -0.1) is 0 Å². The molecular formula is C11H20NO3+. The van der Waals surface area contributed by atoms with Crippen molar-refractivity contribution in [3.8, 4) is 0 Å². The van der Waals surface area contributed by atoms with Crippen molar-refractivity contribution in [2.75, 3.05) is 21.1 Å². The maximum atomic E-state index is 12.0. The molecule has 0 heterocycles. The maximum Gasteiger partial charge on any atom is 0.374 e. The van der Waals surface area contributed by atoms with Crippen molar-refractivity contribution in [3.05, 3.63) is 12.2 Å². The molecule has 0 aliphatic heterocycles. The molecule has 1 N–H and O–H groups in total. The van der Waals surface area contributed by atoms with E-state index in [1.165, 1.54) is 0 Å². The van der Waals surface area contributed by atoms with Gasteiger partial charge in [-0.1, -0.05) is 13.5 Å². The van der Waals surface area contributed by atoms with E-state index in [1.54, 1.807) is 35.0 Å². The number of carboxylic acid groups (broad SMARTS) is 1. The van der Waals surface area contributed by atoms with Gasteiger partial charge in [-0.3, -0.25) is 4.79 Å². The van der Waals surface area contributed by atoms with Gasteiger partial charge >= 0.3 is 5.97 Å². The number of carboxylic acids is 1. The summed E-state index contributed by atoms with van der Waals surface area (Å²) in [5, 5.41) is 9.30. The van der Waals surface area contributed by atoms with Gasteiger partial charge in [0, 0.05) is 6.42 Å². The zero-order chi connectivity index (χ0) is 12.4. The van der Waals surface area contributed by atoms with Crippen LogP contribution >= 0.6 is 0 Å². The second-order valence-corrected chi connectivity index (χ2v) is 4.64. The number of aliphatic carboxylic acids is 1. The van der Waals surface area contributed by atoms with Gasteiger partial charge < -0.3 is 9.59 Å². The Labute approximate surface area is 90.8 Å². The average Bonchev–Trinajstić information content (AvgIpc) is 2.02. The second kappa shape index (κ2) is 4.14. The van der Waals surface area contributed by atoms with E-state index in [-0.39, 0.29) is 16.5 Å². The van der Waals surface area contributed by atoms with Gasteiger partial charge in [-0.25, -0.2) is 4.79 Å². The molecule has 0 saturated carbocycles. The Hall–Kier alpha value is -1.16. The minimum atomic E-state index is -1.42. The Morgan fingerprint density at radius 2 is 1.73 bits per heavy atom. The number of nitrogens with zero attached hydrogens (tertiary/aromatic N) is 1. The molecule has 0 aromatic heterocycles. The molecule has 4 nitrogen and oxygen atoms in total. The van der Waals surface area contributed by atoms with Crippen LogP contribution in [-0.4, -0.2) is 48.0 Å². The van der Waals surface area contributed by atoms with Crippen LogP contribution in [0.3, 0.4) is 0 Å². The molecular weight excluding hydrogens is 194 g/mol. The van der Waals surface area contributed by atoms with Gasteiger partial charge in [-0.05, 0) is 12.5 Å². The third-order valence-electron chi connectivity index (χ3n) is 2.77. The highest BCUT2D eigenvalue weighted by atomic mass is 16.4. The minimum absolute atomic E-state index is 0.0600. The quantitative estimate of drug-likeness (QED) is 0.423. The summed E-state index contributed by atoms with van der Waals surface area (Å²) in [4.78, 5) is 23.4. The first-order valence-corrected chi connectivity index (χ1v) is 4.86. The lowest BCUT2D eigenvalue weighted by atomic mass is 9.84. The van der Waals surface area contributed by atoms with Crippen molar-refractivity contribution >= 4 is 11.8 Å². The van der Waals surface area contributed by atoms with Gasteiger partial charge in [-0.2, -0.15) is 0 Å². The van der Waals surface area contributed by atoms with E-state index in [0.717, 1.165) is 0 Å². The van der Waals surface area contributed by atoms with Crippen LogP contribution in [0.5, 0.6) is 0 Å². The summed E-state index contributed by atoms with van der Waals surface area (Å²) in [6, 6.07) is 0. The molecule has 0 saturated heterocycles. The molecule has 0 aromatic carbocycles. The highest BCUT2D eigenvalue weighted by Gasteiger charge is 2.55. The molecule has 0 bridgehead atoms. The van der Waals surface area contributed by atoms with E-state index in [9.17, 15) is 14.7 Å². The van der Waals surface area contributed by atoms with Crippen molar-refractivity contribution in [2.45, 2.75) is 25.8 Å². The SMILES string of the molecule is C=C(C)C(=O)C(CC)(C(=O)O)[N+](C)(C)C. The molecule has 0 amide bonds. The summed E-state index contributed by atoms with van der Waals surface area (Å²) in [6.07, 6.45) is 0.248. The fraction of sp³-hybridized carbons (Fsp3) is 0.636. The lowest BCUT2D eigenvalue weighted by Crippen LogP contribution is -2.66. The molecule has 0 spiro atoms. The molecule has 1 unspecified atom stereocenters. The number of ketones is 1. The summed E-state index contributed by atoms with van der Waals surface area (Å²) in [5.74, 6) is -1.49. The van der Waals surface area contributed by atoms with Crippen LogP contribution in [0.15, 0.2) is 12.2 Å². The molecule has 0 aliphatic rings. The van der Waals surface area contributed by atoms with Crippen LogP contribution in [0, 0.1) is 0 Å². The number of carbonyl (C=O) groups is 2. The molecule has 0 rings (SSSR count). The van der Waals surface area contributed by atoms with E-state index >= 15 is 0 Å². The van der Waals surface area contributed by atoms with Gasteiger partial charge in [0.2, 0.25) is 5.78 Å². The smallest absolute Gasteiger partial charge is 0.374 e. The van der Waals surface area contributed by atoms with Crippen LogP contribution in [0.4, 0.5) is 0 Å². The van der Waals surface area contributed by atoms with Gasteiger partial charge in [0.1, 0.15) is 0 Å². The summed E-state index contributed by atoms with van der Waals surface area (Å²) in [7, 11) is 5.12. The van der Waals surface area contributed by atoms with Crippen molar-refractivity contribution in [3.63, 3.8) is 0 Å². The summed E-state index contributed by atoms with van der Waals surface area (Å²) < 4.78 is 0.0600. The highest BCUT2D eigenvalue weighted by Crippen LogP contribution is 2.27. The monoisotopic (exact) mass is 214 g/mol. The number of hydrogen-bond donors (Lipinski definition) is 1. The van der Waals surface area contributed by atoms with Crippen LogP contribution in [0.2, 0.25) is 0 Å². The summed E-state index contributed by atoms with van der Waals surface area (Å²) in [6.45, 7) is 6.80. The Morgan fingerprint density at radius 3 is 1.80 bits per heavy atom. The van der Waals surface area contributed by atoms with E-state index in [2.05, 4.69) is 6.58 Å². The van der Waals surface area contributed by atoms with Crippen molar-refractivity contribution < 1.29 is 19.2 Å². The zero-order valence-electron chi connectivity index (χ0n) is 10.1. The van der Waals surface area contributed by atoms with Gasteiger partial charge in [0.25, 0.3) is 5.54 Å². The molecule has 15 heavy (non-hydrogen) atoms. The summed E-state index contributed by atoms with van der Waals surface area (Å²) >= 11 is 0. The van der Waals surface area contributed by atoms with Gasteiger partial charge in [0.05, 0.1) is 21.1 Å². The molecule has 0 fully saturated rings. The Kier molecular flexibility index (Phi) is 3.82. The molecule has 86 valence electrons. The summed E-state index contributed by atoms with van der Waals surface area (Å²) in [5.41, 5.74) is -1.14. The predicted octanol–water partition coefficient (Wildman–Crippen LogP) is 1.07. The van der Waals surface area contributed by atoms with E-state index < -0.39 is 17.3 Å². The number of hydrogen-bond acceptors (Lipinski definition) is 2. The molecule has 1 atom stereocenters. The third-order valence-corrected chi connectivity index (χ3v) is 2.77. The van der Waals surface area contributed by atoms with Crippen LogP contribution in [-0.2, 0) is 9.59 Å². The standard InChI is InChI=1S/C11H19NO3/c1-7-11(10(14)15,12(4,5)6)9(13)8(2)3/h2,7H2,1,3-6H3/p+1. The minimum Gasteiger partial charge on any atom is -0.476 e. The third kappa shape index (κ3) is 2.09. The normalized spacial score (nSPS) is 15.5. The largest absolute Gasteiger partial charge is 0.476 e. The number of rotatable bonds is 5. The first-order chi connectivity index (χ1) is 6.61. The second-order valence-electron chi connectivity index (χ2n) is 4.64. The first kappa shape index (κ1) is 13.8. The van der Waals surface area contributed by atoms with Crippen molar-refractivity contribution in [1.82, 2.24) is 0 Å². The van der Waals surface area contributed by atoms with E-state index in [0.29, 0.717) is 0 Å². The number of carbonyl (C=O) groups excluding carboxylic acids is 1. The molecule has 0 radical (unpaired) electrons. The maximum absolute atomic E-state index is 12.0. The van der Waals surface area contributed by atoms with Crippen molar-refractivity contribution in [2.24, 2.45) is 0 Å². The van der Waals surface area contributed by atoms with Gasteiger partial charge in [0.15, 0.2) is 0 Å². The Morgan fingerprint density at radius 1 is 1.33 bits per heavy atom. The lowest BCUT2D eigenvalue weighted by molar-refractivity contribution is -0.903. The lowest BCUT2D eigenvalue weighted by Gasteiger charge is -2.41. The molecule has 0 aromatic rings. The van der Waals surface area contributed by atoms with E-state index in [4.69, 9.17) is 0 Å². The Bertz CT molecular complexity index is 301. The van der Waals surface area contributed by atoms with Crippen LogP contribution < -0.4 is 0 Å². The average molecular weight is 214 g/mol. The van der Waals surface area contributed by atoms with Crippen LogP contribution in [0.25, 0.3) is 0 Å². The van der Waals surface area contributed by atoms with Crippen LogP contribution in [0.1, 0.15) is 20.3 Å². The number of quaternary nitrogens is 1. The number of likely N-dealkylation sites (N-methyl/N-ethyl adjacent to an activating group) is 1. The first-order valence-electron chi connectivity index (χ1n) is 4.86. The van der Waals surface area contributed by atoms with Crippen molar-refractivity contribution in [1.29, 1.82) is 0 Å². The predicted molar refractivity (Wildman–Crippen MR) is 58.5 cm³/mol. The highest BCUT2D eigenvalue weighted by molar-refractivity contribution is 6.13. The topological polar surface area (TPSA) is 54.4 Å². The Balaban J connectivity index is 5.68. The fourth-order valence-corrected chi connectivity index (χ4v) is 1.83. The molecule has 0 aliphatic carbocycles. The van der Waals surface area contributed by atoms with E-state index in [1.807, 2.05) is 0 Å². The zero-order valence-corrected chi connectivity index (χ0v) is 10.1.